The van der Waals surface area contributed by atoms with Crippen molar-refractivity contribution in [3.05, 3.63) is 71.2 Å². The summed E-state index contributed by atoms with van der Waals surface area (Å²) in [5.41, 5.74) is 3.54. The van der Waals surface area contributed by atoms with Crippen LogP contribution >= 0.6 is 0 Å². The van der Waals surface area contributed by atoms with Gasteiger partial charge in [0.15, 0.2) is 5.76 Å². The van der Waals surface area contributed by atoms with Crippen molar-refractivity contribution in [3.8, 4) is 0 Å². The van der Waals surface area contributed by atoms with Gasteiger partial charge in [0.25, 0.3) is 5.91 Å². The molecule has 1 unspecified atom stereocenters. The van der Waals surface area contributed by atoms with Gasteiger partial charge in [-0.15, -0.1) is 0 Å². The van der Waals surface area contributed by atoms with Crippen LogP contribution in [0.2, 0.25) is 0 Å². The van der Waals surface area contributed by atoms with Gasteiger partial charge in [0, 0.05) is 38.6 Å². The van der Waals surface area contributed by atoms with Crippen LogP contribution in [0.25, 0.3) is 0 Å². The van der Waals surface area contributed by atoms with Crippen molar-refractivity contribution in [3.63, 3.8) is 0 Å². The van der Waals surface area contributed by atoms with Crippen molar-refractivity contribution in [1.82, 2.24) is 15.1 Å². The molecule has 0 spiro atoms. The second kappa shape index (κ2) is 9.52. The minimum atomic E-state index is -0.531. The average molecular weight is 422 g/mol. The molecular formula is C25H31N3O3. The molecule has 0 radical (unpaired) electrons. The van der Waals surface area contributed by atoms with Gasteiger partial charge in [-0.25, -0.2) is 0 Å². The number of carbonyl (C=O) groups excluding carboxylic acids is 2. The van der Waals surface area contributed by atoms with Crippen molar-refractivity contribution < 1.29 is 14.0 Å². The average Bonchev–Trinajstić information content (AvgIpc) is 3.32. The zero-order valence-corrected chi connectivity index (χ0v) is 18.3. The fraction of sp³-hybridized carbons (Fsp3) is 0.440. The Labute approximate surface area is 183 Å². The lowest BCUT2D eigenvalue weighted by Crippen LogP contribution is -2.55. The van der Waals surface area contributed by atoms with Gasteiger partial charge in [-0.05, 0) is 49.9 Å². The Morgan fingerprint density at radius 3 is 2.52 bits per heavy atom. The molecule has 3 heterocycles. The largest absolute Gasteiger partial charge is 0.459 e. The van der Waals surface area contributed by atoms with Crippen LogP contribution in [0.3, 0.4) is 0 Å². The first-order valence-electron chi connectivity index (χ1n) is 11.1. The Morgan fingerprint density at radius 1 is 1.10 bits per heavy atom. The Balaban J connectivity index is 1.44. The third-order valence-corrected chi connectivity index (χ3v) is 6.24. The number of nitrogens with one attached hydrogen (secondary N) is 1. The highest BCUT2D eigenvalue weighted by molar-refractivity contribution is 5.96. The summed E-state index contributed by atoms with van der Waals surface area (Å²) in [5.74, 6) is -0.0434. The van der Waals surface area contributed by atoms with E-state index in [1.54, 1.807) is 17.0 Å². The maximum atomic E-state index is 13.3. The lowest BCUT2D eigenvalue weighted by atomic mass is 9.92. The van der Waals surface area contributed by atoms with E-state index in [1.807, 2.05) is 24.3 Å². The SMILES string of the molecule is CC(C)=CCN1CCC(NC(=O)C2Cc3ccccc3CN2C(=O)c2ccco2)CC1. The summed E-state index contributed by atoms with van der Waals surface area (Å²) in [5, 5.41) is 3.23. The predicted octanol–water partition coefficient (Wildman–Crippen LogP) is 3.39. The van der Waals surface area contributed by atoms with Gasteiger partial charge in [0.1, 0.15) is 6.04 Å². The maximum Gasteiger partial charge on any atom is 0.290 e. The van der Waals surface area contributed by atoms with E-state index in [0.29, 0.717) is 13.0 Å². The van der Waals surface area contributed by atoms with Crippen LogP contribution in [0.5, 0.6) is 0 Å². The molecule has 2 amide bonds. The molecule has 1 fully saturated rings. The van der Waals surface area contributed by atoms with Crippen molar-refractivity contribution in [2.24, 2.45) is 0 Å². The van der Waals surface area contributed by atoms with E-state index in [0.717, 1.165) is 43.6 Å². The molecule has 1 aromatic carbocycles. The topological polar surface area (TPSA) is 65.8 Å². The third kappa shape index (κ3) is 5.07. The van der Waals surface area contributed by atoms with Gasteiger partial charge in [-0.1, -0.05) is 35.9 Å². The van der Waals surface area contributed by atoms with Crippen molar-refractivity contribution >= 4 is 11.8 Å². The Morgan fingerprint density at radius 2 is 1.84 bits per heavy atom. The minimum Gasteiger partial charge on any atom is -0.459 e. The lowest BCUT2D eigenvalue weighted by Gasteiger charge is -2.37. The summed E-state index contributed by atoms with van der Waals surface area (Å²) in [4.78, 5) is 30.5. The first kappa shape index (κ1) is 21.4. The van der Waals surface area contributed by atoms with E-state index in [9.17, 15) is 9.59 Å². The van der Waals surface area contributed by atoms with Crippen LogP contribution in [0, 0.1) is 0 Å². The second-order valence-electron chi connectivity index (χ2n) is 8.76. The number of allylic oxidation sites excluding steroid dienone is 1. The molecule has 164 valence electrons. The zero-order chi connectivity index (χ0) is 21.8. The fourth-order valence-corrected chi connectivity index (χ4v) is 4.38. The highest BCUT2D eigenvalue weighted by Crippen LogP contribution is 2.26. The van der Waals surface area contributed by atoms with Crippen molar-refractivity contribution in [2.75, 3.05) is 19.6 Å². The number of furan rings is 1. The molecule has 2 aliphatic heterocycles. The molecule has 4 rings (SSSR count). The molecule has 6 nitrogen and oxygen atoms in total. The Hall–Kier alpha value is -2.86. The predicted molar refractivity (Wildman–Crippen MR) is 120 cm³/mol. The molecule has 6 heteroatoms. The monoisotopic (exact) mass is 421 g/mol. The highest BCUT2D eigenvalue weighted by Gasteiger charge is 2.36. The number of likely N-dealkylation sites (tertiary alicyclic amines) is 1. The molecule has 0 aliphatic carbocycles. The van der Waals surface area contributed by atoms with E-state index < -0.39 is 6.04 Å². The summed E-state index contributed by atoms with van der Waals surface area (Å²) in [6, 6.07) is 11.0. The van der Waals surface area contributed by atoms with E-state index in [2.05, 4.69) is 30.1 Å². The molecule has 2 aliphatic rings. The molecule has 1 N–H and O–H groups in total. The summed E-state index contributed by atoms with van der Waals surface area (Å²) < 4.78 is 5.33. The van der Waals surface area contributed by atoms with Crippen molar-refractivity contribution in [2.45, 2.75) is 51.7 Å². The van der Waals surface area contributed by atoms with Crippen LogP contribution in [-0.4, -0.2) is 53.3 Å². The summed E-state index contributed by atoms with van der Waals surface area (Å²) in [6.45, 7) is 7.55. The van der Waals surface area contributed by atoms with Gasteiger partial charge in [0.2, 0.25) is 5.91 Å². The van der Waals surface area contributed by atoms with E-state index in [4.69, 9.17) is 4.42 Å². The van der Waals surface area contributed by atoms with Crippen LogP contribution in [0.4, 0.5) is 0 Å². The van der Waals surface area contributed by atoms with Gasteiger partial charge in [0.05, 0.1) is 6.26 Å². The van der Waals surface area contributed by atoms with E-state index in [-0.39, 0.29) is 23.6 Å². The Bertz CT molecular complexity index is 939. The summed E-state index contributed by atoms with van der Waals surface area (Å²) in [7, 11) is 0. The first-order chi connectivity index (χ1) is 15.0. The standard InChI is InChI=1S/C25H31N3O3/c1-18(2)9-12-27-13-10-21(11-14-27)26-24(29)22-16-19-6-3-4-7-20(19)17-28(22)25(30)23-8-5-15-31-23/h3-9,15,21-22H,10-14,16-17H2,1-2H3,(H,26,29). The van der Waals surface area contributed by atoms with Gasteiger partial charge >= 0.3 is 0 Å². The van der Waals surface area contributed by atoms with Crippen LogP contribution in [0.1, 0.15) is 48.4 Å². The third-order valence-electron chi connectivity index (χ3n) is 6.24. The number of nitrogens with zero attached hydrogens (tertiary/aromatic N) is 2. The van der Waals surface area contributed by atoms with Crippen LogP contribution < -0.4 is 5.32 Å². The van der Waals surface area contributed by atoms with Crippen LogP contribution in [0.15, 0.2) is 58.7 Å². The summed E-state index contributed by atoms with van der Waals surface area (Å²) in [6.07, 6.45) is 6.11. The van der Waals surface area contributed by atoms with Crippen LogP contribution in [-0.2, 0) is 17.8 Å². The number of piperidine rings is 1. The molecule has 0 saturated carbocycles. The van der Waals surface area contributed by atoms with E-state index >= 15 is 0 Å². The molecule has 1 aromatic heterocycles. The molecule has 0 bridgehead atoms. The normalized spacial score (nSPS) is 19.5. The van der Waals surface area contributed by atoms with Gasteiger partial charge < -0.3 is 14.6 Å². The van der Waals surface area contributed by atoms with Gasteiger partial charge in [-0.3, -0.25) is 14.5 Å². The Kier molecular flexibility index (Phi) is 6.56. The van der Waals surface area contributed by atoms with Gasteiger partial charge in [-0.2, -0.15) is 0 Å². The number of benzene rings is 1. The quantitative estimate of drug-likeness (QED) is 0.752. The summed E-state index contributed by atoms with van der Waals surface area (Å²) >= 11 is 0. The number of carbonyl (C=O) groups is 2. The maximum absolute atomic E-state index is 13.3. The zero-order valence-electron chi connectivity index (χ0n) is 18.3. The molecule has 1 atom stereocenters. The molecular weight excluding hydrogens is 390 g/mol. The fourth-order valence-electron chi connectivity index (χ4n) is 4.38. The van der Waals surface area contributed by atoms with Crippen molar-refractivity contribution in [1.29, 1.82) is 0 Å². The van der Waals surface area contributed by atoms with E-state index in [1.165, 1.54) is 11.8 Å². The number of amides is 2. The smallest absolute Gasteiger partial charge is 0.290 e. The highest BCUT2D eigenvalue weighted by atomic mass is 16.3. The first-order valence-corrected chi connectivity index (χ1v) is 11.1. The lowest BCUT2D eigenvalue weighted by molar-refractivity contribution is -0.127. The second-order valence-corrected chi connectivity index (χ2v) is 8.76. The number of hydrogen-bond acceptors (Lipinski definition) is 4. The molecule has 1 saturated heterocycles. The number of fused-ring (bicyclic) bond motifs is 1. The minimum absolute atomic E-state index is 0.0721. The number of hydrogen-bond donors (Lipinski definition) is 1. The molecule has 2 aromatic rings. The molecule has 31 heavy (non-hydrogen) atoms. The number of rotatable bonds is 5.